The Kier molecular flexibility index (Phi) is 11.1. The first-order chi connectivity index (χ1) is 21.6. The van der Waals surface area contributed by atoms with Crippen LogP contribution in [0.1, 0.15) is 43.6 Å². The molecule has 15 nitrogen and oxygen atoms in total. The SMILES string of the molecule is CCOC(=O)N1CCN(C(=O)C(CCC(=O)O)NC(=O)c2cc(OCC(=O)N3CCNC(=O)C3CC)c3ccccc3n2)CC1. The van der Waals surface area contributed by atoms with Gasteiger partial charge in [-0.1, -0.05) is 19.1 Å². The van der Waals surface area contributed by atoms with Crippen LogP contribution < -0.4 is 15.4 Å². The number of benzene rings is 1. The number of para-hydroxylation sites is 1. The molecule has 3 heterocycles. The smallest absolute Gasteiger partial charge is 0.409 e. The number of hydrogen-bond donors (Lipinski definition) is 3. The molecule has 15 heteroatoms. The molecule has 242 valence electrons. The van der Waals surface area contributed by atoms with Crippen LogP contribution in [0, 0.1) is 0 Å². The Bertz CT molecular complexity index is 1440. The van der Waals surface area contributed by atoms with Crippen molar-refractivity contribution in [3.8, 4) is 5.75 Å². The van der Waals surface area contributed by atoms with Crippen LogP contribution in [0.5, 0.6) is 5.75 Å². The lowest BCUT2D eigenvalue weighted by atomic mass is 10.1. The molecule has 0 aliphatic carbocycles. The summed E-state index contributed by atoms with van der Waals surface area (Å²) in [5, 5.41) is 15.2. The maximum atomic E-state index is 13.5. The van der Waals surface area contributed by atoms with Crippen LogP contribution in [0.25, 0.3) is 10.9 Å². The van der Waals surface area contributed by atoms with E-state index in [1.807, 2.05) is 6.92 Å². The number of nitrogens with zero attached hydrogens (tertiary/aromatic N) is 4. The summed E-state index contributed by atoms with van der Waals surface area (Å²) in [6.07, 6.45) is -0.558. The van der Waals surface area contributed by atoms with Crippen molar-refractivity contribution in [3.05, 3.63) is 36.0 Å². The number of ether oxygens (including phenoxy) is 2. The van der Waals surface area contributed by atoms with Crippen LogP contribution in [0.4, 0.5) is 4.79 Å². The molecule has 2 aromatic rings. The Balaban J connectivity index is 1.50. The number of amides is 5. The summed E-state index contributed by atoms with van der Waals surface area (Å²) in [6, 6.07) is 6.46. The molecule has 1 aromatic carbocycles. The third kappa shape index (κ3) is 8.16. The first kappa shape index (κ1) is 33.0. The minimum atomic E-state index is -1.17. The average molecular weight is 627 g/mol. The number of carboxylic acid groups (broad SMARTS) is 1. The zero-order valence-electron chi connectivity index (χ0n) is 25.3. The second-order valence-electron chi connectivity index (χ2n) is 10.6. The van der Waals surface area contributed by atoms with E-state index in [4.69, 9.17) is 9.47 Å². The van der Waals surface area contributed by atoms with Crippen LogP contribution >= 0.6 is 0 Å². The van der Waals surface area contributed by atoms with E-state index in [1.54, 1.807) is 31.2 Å². The molecule has 0 bridgehead atoms. The van der Waals surface area contributed by atoms with Crippen LogP contribution in [-0.4, -0.2) is 125 Å². The number of aromatic nitrogens is 1. The van der Waals surface area contributed by atoms with Gasteiger partial charge in [-0.25, -0.2) is 9.78 Å². The number of aliphatic carboxylic acids is 1. The van der Waals surface area contributed by atoms with Crippen LogP contribution in [-0.2, 0) is 23.9 Å². The monoisotopic (exact) mass is 626 g/mol. The highest BCUT2D eigenvalue weighted by Gasteiger charge is 2.33. The molecular formula is C30H38N6O9. The Labute approximate surface area is 259 Å². The summed E-state index contributed by atoms with van der Waals surface area (Å²) in [7, 11) is 0. The Morgan fingerprint density at radius 3 is 2.47 bits per heavy atom. The van der Waals surface area contributed by atoms with E-state index in [-0.39, 0.29) is 75.5 Å². The average Bonchev–Trinajstić information content (AvgIpc) is 3.04. The highest BCUT2D eigenvalue weighted by Crippen LogP contribution is 2.26. The van der Waals surface area contributed by atoms with Gasteiger partial charge >= 0.3 is 12.1 Å². The van der Waals surface area contributed by atoms with E-state index in [1.165, 1.54) is 20.8 Å². The molecule has 2 fully saturated rings. The minimum Gasteiger partial charge on any atom is -0.483 e. The zero-order chi connectivity index (χ0) is 32.5. The molecule has 5 amide bonds. The number of hydrogen-bond acceptors (Lipinski definition) is 9. The number of carbonyl (C=O) groups excluding carboxylic acids is 5. The molecule has 45 heavy (non-hydrogen) atoms. The summed E-state index contributed by atoms with van der Waals surface area (Å²) in [5.41, 5.74) is 0.306. The van der Waals surface area contributed by atoms with Crippen LogP contribution in [0.15, 0.2) is 30.3 Å². The number of carbonyl (C=O) groups is 6. The van der Waals surface area contributed by atoms with E-state index in [0.29, 0.717) is 30.4 Å². The number of fused-ring (bicyclic) bond motifs is 1. The molecule has 0 spiro atoms. The summed E-state index contributed by atoms with van der Waals surface area (Å²) in [5.74, 6) is -2.74. The second-order valence-corrected chi connectivity index (χ2v) is 10.6. The van der Waals surface area contributed by atoms with Gasteiger partial charge in [0.1, 0.15) is 23.5 Å². The third-order valence-corrected chi connectivity index (χ3v) is 7.67. The Hall–Kier alpha value is -4.95. The summed E-state index contributed by atoms with van der Waals surface area (Å²) in [4.78, 5) is 84.4. The summed E-state index contributed by atoms with van der Waals surface area (Å²) >= 11 is 0. The zero-order valence-corrected chi connectivity index (χ0v) is 25.3. The summed E-state index contributed by atoms with van der Waals surface area (Å²) < 4.78 is 10.9. The maximum absolute atomic E-state index is 13.5. The van der Waals surface area contributed by atoms with Gasteiger partial charge in [-0.3, -0.25) is 24.0 Å². The van der Waals surface area contributed by atoms with Gasteiger partial charge in [0.15, 0.2) is 6.61 Å². The Morgan fingerprint density at radius 2 is 1.78 bits per heavy atom. The van der Waals surface area contributed by atoms with Crippen molar-refractivity contribution in [3.63, 3.8) is 0 Å². The number of pyridine rings is 1. The normalized spacial score (nSPS) is 17.3. The fourth-order valence-corrected chi connectivity index (χ4v) is 5.32. The highest BCUT2D eigenvalue weighted by atomic mass is 16.6. The summed E-state index contributed by atoms with van der Waals surface area (Å²) in [6.45, 7) is 4.89. The molecule has 4 rings (SSSR count). The van der Waals surface area contributed by atoms with Gasteiger partial charge in [-0.2, -0.15) is 0 Å². The van der Waals surface area contributed by atoms with Crippen molar-refractivity contribution in [2.75, 3.05) is 52.5 Å². The number of piperazine rings is 2. The fourth-order valence-electron chi connectivity index (χ4n) is 5.32. The molecular weight excluding hydrogens is 588 g/mol. The van der Waals surface area contributed by atoms with Crippen molar-refractivity contribution in [1.29, 1.82) is 0 Å². The van der Waals surface area contributed by atoms with E-state index in [0.717, 1.165) is 0 Å². The van der Waals surface area contributed by atoms with Gasteiger partial charge in [-0.05, 0) is 31.9 Å². The largest absolute Gasteiger partial charge is 0.483 e. The standard InChI is InChI=1S/C30H38N6O9/c1-3-23-28(41)31-11-12-36(23)25(37)18-45-24-17-22(32-20-8-6-5-7-19(20)24)27(40)33-21(9-10-26(38)39)29(42)34-13-15-35(16-14-34)30(43)44-4-2/h5-8,17,21,23H,3-4,9-16,18H2,1-2H3,(H,31,41)(H,33,40)(H,38,39). The van der Waals surface area contributed by atoms with Gasteiger partial charge in [-0.15, -0.1) is 0 Å². The molecule has 2 unspecified atom stereocenters. The lowest BCUT2D eigenvalue weighted by molar-refractivity contribution is -0.144. The molecule has 0 radical (unpaired) electrons. The van der Waals surface area contributed by atoms with Crippen molar-refractivity contribution < 1.29 is 43.3 Å². The van der Waals surface area contributed by atoms with Crippen molar-refractivity contribution in [2.24, 2.45) is 0 Å². The molecule has 2 saturated heterocycles. The Morgan fingerprint density at radius 1 is 1.07 bits per heavy atom. The highest BCUT2D eigenvalue weighted by molar-refractivity contribution is 5.99. The predicted molar refractivity (Wildman–Crippen MR) is 159 cm³/mol. The minimum absolute atomic E-state index is 0.0970. The lowest BCUT2D eigenvalue weighted by Gasteiger charge is -2.35. The third-order valence-electron chi connectivity index (χ3n) is 7.67. The molecule has 2 aliphatic rings. The predicted octanol–water partition coefficient (Wildman–Crippen LogP) is 0.615. The van der Waals surface area contributed by atoms with Crippen molar-refractivity contribution in [2.45, 2.75) is 45.2 Å². The maximum Gasteiger partial charge on any atom is 0.409 e. The molecule has 2 aliphatic heterocycles. The van der Waals surface area contributed by atoms with E-state index >= 15 is 0 Å². The van der Waals surface area contributed by atoms with E-state index < -0.39 is 36.0 Å². The van der Waals surface area contributed by atoms with Gasteiger partial charge in [0, 0.05) is 57.1 Å². The van der Waals surface area contributed by atoms with Crippen LogP contribution in [0.2, 0.25) is 0 Å². The number of nitrogens with one attached hydrogen (secondary N) is 2. The first-order valence-corrected chi connectivity index (χ1v) is 15.0. The van der Waals surface area contributed by atoms with Gasteiger partial charge in [0.05, 0.1) is 12.1 Å². The molecule has 3 N–H and O–H groups in total. The number of rotatable bonds is 11. The van der Waals surface area contributed by atoms with Crippen LogP contribution in [0.3, 0.4) is 0 Å². The van der Waals surface area contributed by atoms with Gasteiger partial charge < -0.3 is 39.9 Å². The lowest BCUT2D eigenvalue weighted by Crippen LogP contribution is -2.57. The van der Waals surface area contributed by atoms with Gasteiger partial charge in [0.25, 0.3) is 11.8 Å². The topological polar surface area (TPSA) is 188 Å². The van der Waals surface area contributed by atoms with Gasteiger partial charge in [0.2, 0.25) is 11.8 Å². The quantitative estimate of drug-likeness (QED) is 0.319. The van der Waals surface area contributed by atoms with E-state index in [2.05, 4.69) is 15.6 Å². The molecule has 1 aromatic heterocycles. The van der Waals surface area contributed by atoms with E-state index in [9.17, 15) is 33.9 Å². The van der Waals surface area contributed by atoms with Crippen molar-refractivity contribution in [1.82, 2.24) is 30.3 Å². The fraction of sp³-hybridized carbons (Fsp3) is 0.500. The van der Waals surface area contributed by atoms with Crippen molar-refractivity contribution >= 4 is 46.6 Å². The number of carboxylic acids is 1. The second kappa shape index (κ2) is 15.2. The molecule has 0 saturated carbocycles. The first-order valence-electron chi connectivity index (χ1n) is 15.0. The molecule has 2 atom stereocenters.